The Bertz CT molecular complexity index is 1100. The lowest BCUT2D eigenvalue weighted by molar-refractivity contribution is -0.136. The predicted molar refractivity (Wildman–Crippen MR) is 104 cm³/mol. The van der Waals surface area contributed by atoms with Gasteiger partial charge in [-0.15, -0.1) is 0 Å². The maximum atomic E-state index is 13.1. The number of alkyl halides is 3. The van der Waals surface area contributed by atoms with E-state index in [-0.39, 0.29) is 16.1 Å². The van der Waals surface area contributed by atoms with E-state index in [0.717, 1.165) is 5.56 Å². The Hall–Kier alpha value is -2.58. The van der Waals surface area contributed by atoms with Gasteiger partial charge in [0.2, 0.25) is 0 Å². The second-order valence-corrected chi connectivity index (χ2v) is 6.49. The highest BCUT2D eigenvalue weighted by Crippen LogP contribution is 2.34. The van der Waals surface area contributed by atoms with Gasteiger partial charge in [0.05, 0.1) is 5.56 Å². The van der Waals surface area contributed by atoms with Gasteiger partial charge in [0, 0.05) is 33.9 Å². The molecule has 2 N–H and O–H groups in total. The van der Waals surface area contributed by atoms with E-state index in [2.05, 4.69) is 10.6 Å². The summed E-state index contributed by atoms with van der Waals surface area (Å²) in [5.74, 6) is 0. The number of rotatable bonds is 2. The molecule has 0 saturated heterocycles. The molecule has 0 aliphatic carbocycles. The number of benzene rings is 2. The van der Waals surface area contributed by atoms with Crippen molar-refractivity contribution < 1.29 is 17.6 Å². The normalized spacial score (nSPS) is 11.4. The number of anilines is 2. The van der Waals surface area contributed by atoms with Gasteiger partial charge < -0.3 is 15.1 Å². The Balaban J connectivity index is 1.88. The van der Waals surface area contributed by atoms with Gasteiger partial charge in [-0.25, -0.2) is 4.79 Å². The standard InChI is InChI=1S/C18H12ClF3N2O2S/c1-9-13(19)3-2-4-14(9)24-17(27)23-10-5-6-11-12(18(20,21)22)8-16(25)26-15(11)7-10/h2-8H,1H3,(H2,23,24,27). The molecule has 0 amide bonds. The average molecular weight is 413 g/mol. The molecule has 0 spiro atoms. The van der Waals surface area contributed by atoms with Crippen molar-refractivity contribution in [2.24, 2.45) is 0 Å². The molecule has 0 aliphatic heterocycles. The van der Waals surface area contributed by atoms with Crippen LogP contribution in [0.15, 0.2) is 51.7 Å². The third-order valence-corrected chi connectivity index (χ3v) is 4.44. The van der Waals surface area contributed by atoms with Crippen molar-refractivity contribution >= 4 is 51.3 Å². The van der Waals surface area contributed by atoms with Crippen LogP contribution in [0, 0.1) is 6.92 Å². The smallest absolute Gasteiger partial charge is 0.417 e. The molecule has 0 saturated carbocycles. The molecule has 0 unspecified atom stereocenters. The number of thiocarbonyl (C=S) groups is 1. The molecule has 2 aromatic carbocycles. The molecular weight excluding hydrogens is 401 g/mol. The van der Waals surface area contributed by atoms with Crippen LogP contribution in [0.2, 0.25) is 5.02 Å². The summed E-state index contributed by atoms with van der Waals surface area (Å²) in [7, 11) is 0. The molecule has 0 atom stereocenters. The molecule has 3 rings (SSSR count). The van der Waals surface area contributed by atoms with Gasteiger partial charge in [0.1, 0.15) is 5.58 Å². The fourth-order valence-corrected chi connectivity index (χ4v) is 2.90. The lowest BCUT2D eigenvalue weighted by Gasteiger charge is -2.14. The summed E-state index contributed by atoms with van der Waals surface area (Å²) in [5.41, 5.74) is -0.476. The van der Waals surface area contributed by atoms with Gasteiger partial charge in [0.15, 0.2) is 5.11 Å². The molecule has 0 aliphatic rings. The van der Waals surface area contributed by atoms with Crippen molar-refractivity contribution in [3.8, 4) is 0 Å². The topological polar surface area (TPSA) is 54.3 Å². The molecule has 3 aromatic rings. The van der Waals surface area contributed by atoms with Crippen molar-refractivity contribution in [2.45, 2.75) is 13.1 Å². The molecule has 140 valence electrons. The molecule has 0 bridgehead atoms. The van der Waals surface area contributed by atoms with Gasteiger partial charge in [0.25, 0.3) is 0 Å². The van der Waals surface area contributed by atoms with Crippen molar-refractivity contribution in [1.82, 2.24) is 0 Å². The second kappa shape index (κ2) is 7.21. The molecule has 9 heteroatoms. The van der Waals surface area contributed by atoms with Gasteiger partial charge in [-0.3, -0.25) is 0 Å². The van der Waals surface area contributed by atoms with Crippen molar-refractivity contribution in [1.29, 1.82) is 0 Å². The van der Waals surface area contributed by atoms with Gasteiger partial charge in [-0.1, -0.05) is 17.7 Å². The average Bonchev–Trinajstić information content (AvgIpc) is 2.57. The van der Waals surface area contributed by atoms with Crippen LogP contribution in [-0.2, 0) is 6.18 Å². The van der Waals surface area contributed by atoms with Crippen LogP contribution in [0.1, 0.15) is 11.1 Å². The second-order valence-electron chi connectivity index (χ2n) is 5.68. The zero-order valence-corrected chi connectivity index (χ0v) is 15.4. The lowest BCUT2D eigenvalue weighted by atomic mass is 10.1. The van der Waals surface area contributed by atoms with Crippen LogP contribution in [-0.4, -0.2) is 5.11 Å². The number of hydrogen-bond donors (Lipinski definition) is 2. The van der Waals surface area contributed by atoms with E-state index >= 15 is 0 Å². The summed E-state index contributed by atoms with van der Waals surface area (Å²) in [6.07, 6.45) is -4.66. The Labute approximate surface area is 161 Å². The minimum absolute atomic E-state index is 0.193. The first-order chi connectivity index (χ1) is 12.6. The number of halogens is 4. The number of nitrogens with one attached hydrogen (secondary N) is 2. The van der Waals surface area contributed by atoms with Crippen LogP contribution < -0.4 is 16.3 Å². The summed E-state index contributed by atoms with van der Waals surface area (Å²) in [5, 5.41) is 6.36. The quantitative estimate of drug-likeness (QED) is 0.425. The summed E-state index contributed by atoms with van der Waals surface area (Å²) >= 11 is 11.3. The van der Waals surface area contributed by atoms with Crippen molar-refractivity contribution in [3.05, 3.63) is 69.0 Å². The first kappa shape index (κ1) is 19.2. The third-order valence-electron chi connectivity index (χ3n) is 3.82. The fourth-order valence-electron chi connectivity index (χ4n) is 2.50. The summed E-state index contributed by atoms with van der Waals surface area (Å²) in [4.78, 5) is 11.5. The Morgan fingerprint density at radius 3 is 2.59 bits per heavy atom. The highest BCUT2D eigenvalue weighted by Gasteiger charge is 2.33. The van der Waals surface area contributed by atoms with Gasteiger partial charge in [-0.05, 0) is 49.0 Å². The molecule has 1 heterocycles. The zero-order valence-electron chi connectivity index (χ0n) is 13.8. The van der Waals surface area contributed by atoms with Crippen molar-refractivity contribution in [2.75, 3.05) is 10.6 Å². The summed E-state index contributed by atoms with van der Waals surface area (Å²) in [6.45, 7) is 1.82. The van der Waals surface area contributed by atoms with Crippen LogP contribution in [0.25, 0.3) is 11.0 Å². The molecule has 0 radical (unpaired) electrons. The Kier molecular flexibility index (Phi) is 5.12. The predicted octanol–water partition coefficient (Wildman–Crippen LogP) is 5.58. The zero-order chi connectivity index (χ0) is 19.8. The van der Waals surface area contributed by atoms with Crippen LogP contribution in [0.3, 0.4) is 0 Å². The molecule has 4 nitrogen and oxygen atoms in total. The van der Waals surface area contributed by atoms with Crippen LogP contribution in [0.4, 0.5) is 24.5 Å². The largest absolute Gasteiger partial charge is 0.423 e. The highest BCUT2D eigenvalue weighted by molar-refractivity contribution is 7.80. The summed E-state index contributed by atoms with van der Waals surface area (Å²) in [6, 6.07) is 9.62. The third kappa shape index (κ3) is 4.23. The van der Waals surface area contributed by atoms with E-state index in [1.54, 1.807) is 18.2 Å². The molecular formula is C18H12ClF3N2O2S. The summed E-state index contributed by atoms with van der Waals surface area (Å²) < 4.78 is 44.1. The van der Waals surface area contributed by atoms with E-state index in [1.165, 1.54) is 18.2 Å². The van der Waals surface area contributed by atoms with E-state index in [9.17, 15) is 18.0 Å². The van der Waals surface area contributed by atoms with Gasteiger partial charge >= 0.3 is 11.8 Å². The van der Waals surface area contributed by atoms with E-state index in [1.807, 2.05) is 6.92 Å². The molecule has 1 aromatic heterocycles. The van der Waals surface area contributed by atoms with Gasteiger partial charge in [-0.2, -0.15) is 13.2 Å². The SMILES string of the molecule is Cc1c(Cl)cccc1NC(=S)Nc1ccc2c(C(F)(F)F)cc(=O)oc2c1. The number of hydrogen-bond acceptors (Lipinski definition) is 3. The van der Waals surface area contributed by atoms with Crippen LogP contribution in [0.5, 0.6) is 0 Å². The highest BCUT2D eigenvalue weighted by atomic mass is 35.5. The van der Waals surface area contributed by atoms with E-state index in [4.69, 9.17) is 28.2 Å². The maximum absolute atomic E-state index is 13.1. The maximum Gasteiger partial charge on any atom is 0.417 e. The Morgan fingerprint density at radius 2 is 1.89 bits per heavy atom. The minimum atomic E-state index is -4.66. The monoisotopic (exact) mass is 412 g/mol. The molecule has 0 fully saturated rings. The Morgan fingerprint density at radius 1 is 1.15 bits per heavy atom. The fraction of sp³-hybridized carbons (Fsp3) is 0.111. The van der Waals surface area contributed by atoms with E-state index in [0.29, 0.717) is 22.5 Å². The lowest BCUT2D eigenvalue weighted by Crippen LogP contribution is -2.19. The molecule has 27 heavy (non-hydrogen) atoms. The first-order valence-electron chi connectivity index (χ1n) is 7.63. The minimum Gasteiger partial charge on any atom is -0.423 e. The van der Waals surface area contributed by atoms with Crippen molar-refractivity contribution in [3.63, 3.8) is 0 Å². The number of fused-ring (bicyclic) bond motifs is 1. The van der Waals surface area contributed by atoms with Crippen LogP contribution >= 0.6 is 23.8 Å². The first-order valence-corrected chi connectivity index (χ1v) is 8.42. The van der Waals surface area contributed by atoms with E-state index < -0.39 is 17.4 Å².